The van der Waals surface area contributed by atoms with Gasteiger partial charge < -0.3 is 19.3 Å². The third-order valence-corrected chi connectivity index (χ3v) is 5.34. The third-order valence-electron chi connectivity index (χ3n) is 5.34. The second-order valence-corrected chi connectivity index (χ2v) is 7.46. The number of ether oxygens (including phenoxy) is 3. The van der Waals surface area contributed by atoms with Gasteiger partial charge in [0.25, 0.3) is 0 Å². The Balaban J connectivity index is 1.95. The van der Waals surface area contributed by atoms with Crippen molar-refractivity contribution in [3.63, 3.8) is 0 Å². The van der Waals surface area contributed by atoms with E-state index in [0.29, 0.717) is 5.69 Å². The van der Waals surface area contributed by atoms with E-state index in [0.717, 1.165) is 37.1 Å². The number of rotatable bonds is 3. The van der Waals surface area contributed by atoms with E-state index < -0.39 is 17.5 Å². The Morgan fingerprint density at radius 3 is 2.35 bits per heavy atom. The molecular formula is C17H28N2O4. The number of hydrogen-bond acceptors (Lipinski definition) is 5. The highest BCUT2D eigenvalue weighted by molar-refractivity contribution is 5.28. The molecule has 0 saturated carbocycles. The number of aliphatic hydroxyl groups excluding tert-OH is 1. The fourth-order valence-corrected chi connectivity index (χ4v) is 3.17. The van der Waals surface area contributed by atoms with E-state index in [-0.39, 0.29) is 12.8 Å². The summed E-state index contributed by atoms with van der Waals surface area (Å²) >= 11 is 0. The van der Waals surface area contributed by atoms with Crippen LogP contribution in [0.5, 0.6) is 0 Å². The highest BCUT2D eigenvalue weighted by Gasteiger charge is 2.50. The SMILES string of the molecule is Cc1c(C2OC(C)(C)C(C)(C)O2)c(CO)nn1C1CCCCO1. The van der Waals surface area contributed by atoms with Crippen LogP contribution in [0, 0.1) is 6.92 Å². The molecule has 0 spiro atoms. The van der Waals surface area contributed by atoms with E-state index in [4.69, 9.17) is 14.2 Å². The number of hydrogen-bond donors (Lipinski definition) is 1. The highest BCUT2D eigenvalue weighted by Crippen LogP contribution is 2.46. The van der Waals surface area contributed by atoms with Crippen LogP contribution in [-0.2, 0) is 20.8 Å². The normalized spacial score (nSPS) is 27.5. The lowest BCUT2D eigenvalue weighted by Crippen LogP contribution is -2.41. The van der Waals surface area contributed by atoms with Crippen LogP contribution in [0.2, 0.25) is 0 Å². The van der Waals surface area contributed by atoms with E-state index in [1.165, 1.54) is 0 Å². The highest BCUT2D eigenvalue weighted by atomic mass is 16.7. The van der Waals surface area contributed by atoms with Crippen molar-refractivity contribution >= 4 is 0 Å². The summed E-state index contributed by atoms with van der Waals surface area (Å²) in [6.07, 6.45) is 2.58. The summed E-state index contributed by atoms with van der Waals surface area (Å²) < 4.78 is 20.0. The van der Waals surface area contributed by atoms with Crippen LogP contribution < -0.4 is 0 Å². The minimum absolute atomic E-state index is 0.0646. The summed E-state index contributed by atoms with van der Waals surface area (Å²) in [7, 11) is 0. The zero-order valence-electron chi connectivity index (χ0n) is 14.8. The minimum atomic E-state index is -0.514. The maximum absolute atomic E-state index is 9.75. The van der Waals surface area contributed by atoms with Crippen molar-refractivity contribution in [1.29, 1.82) is 0 Å². The van der Waals surface area contributed by atoms with Crippen LogP contribution in [-0.4, -0.2) is 32.7 Å². The molecule has 2 aliphatic rings. The Labute approximate surface area is 137 Å². The van der Waals surface area contributed by atoms with Gasteiger partial charge in [-0.2, -0.15) is 5.10 Å². The molecule has 1 N–H and O–H groups in total. The second-order valence-electron chi connectivity index (χ2n) is 7.46. The minimum Gasteiger partial charge on any atom is -0.390 e. The number of nitrogens with zero attached hydrogens (tertiary/aromatic N) is 2. The lowest BCUT2D eigenvalue weighted by atomic mass is 9.90. The second kappa shape index (κ2) is 5.84. The molecule has 6 heteroatoms. The van der Waals surface area contributed by atoms with Crippen LogP contribution in [0.4, 0.5) is 0 Å². The van der Waals surface area contributed by atoms with E-state index in [2.05, 4.69) is 5.10 Å². The molecule has 2 fully saturated rings. The predicted molar refractivity (Wildman–Crippen MR) is 84.8 cm³/mol. The van der Waals surface area contributed by atoms with Crippen LogP contribution in [0.3, 0.4) is 0 Å². The number of aromatic nitrogens is 2. The molecule has 0 amide bonds. The van der Waals surface area contributed by atoms with Crippen molar-refractivity contribution in [1.82, 2.24) is 9.78 Å². The van der Waals surface area contributed by atoms with Gasteiger partial charge in [0.2, 0.25) is 0 Å². The molecule has 0 aliphatic carbocycles. The Kier molecular flexibility index (Phi) is 4.29. The van der Waals surface area contributed by atoms with Crippen molar-refractivity contribution in [2.45, 2.75) is 84.2 Å². The molecule has 130 valence electrons. The van der Waals surface area contributed by atoms with Gasteiger partial charge in [0, 0.05) is 12.3 Å². The average Bonchev–Trinajstić information content (AvgIpc) is 2.93. The van der Waals surface area contributed by atoms with Crippen LogP contribution in [0.25, 0.3) is 0 Å². The molecule has 0 bridgehead atoms. The molecule has 1 aromatic heterocycles. The zero-order chi connectivity index (χ0) is 16.8. The fraction of sp³-hybridized carbons (Fsp3) is 0.824. The third kappa shape index (κ3) is 2.82. The monoisotopic (exact) mass is 324 g/mol. The lowest BCUT2D eigenvalue weighted by molar-refractivity contribution is -0.0912. The molecule has 3 heterocycles. The quantitative estimate of drug-likeness (QED) is 0.926. The predicted octanol–water partition coefficient (Wildman–Crippen LogP) is 2.99. The number of aliphatic hydroxyl groups is 1. The van der Waals surface area contributed by atoms with Gasteiger partial charge in [0.1, 0.15) is 6.23 Å². The van der Waals surface area contributed by atoms with E-state index in [9.17, 15) is 5.11 Å². The van der Waals surface area contributed by atoms with Crippen molar-refractivity contribution in [3.05, 3.63) is 17.0 Å². The standard InChI is InChI=1S/C17H28N2O4/c1-11-14(15-22-16(2,3)17(4,5)23-15)12(10-20)18-19(11)13-8-6-7-9-21-13/h13,15,20H,6-10H2,1-5H3. The van der Waals surface area contributed by atoms with Crippen molar-refractivity contribution in [2.75, 3.05) is 6.61 Å². The zero-order valence-corrected chi connectivity index (χ0v) is 14.8. The molecule has 2 aliphatic heterocycles. The molecule has 23 heavy (non-hydrogen) atoms. The molecule has 1 aromatic rings. The summed E-state index contributed by atoms with van der Waals surface area (Å²) in [6, 6.07) is 0. The van der Waals surface area contributed by atoms with E-state index in [1.54, 1.807) is 0 Å². The smallest absolute Gasteiger partial charge is 0.189 e. The van der Waals surface area contributed by atoms with Gasteiger partial charge in [-0.05, 0) is 53.9 Å². The van der Waals surface area contributed by atoms with Gasteiger partial charge in [-0.25, -0.2) is 4.68 Å². The molecule has 1 atom stereocenters. The molecular weight excluding hydrogens is 296 g/mol. The first-order valence-electron chi connectivity index (χ1n) is 8.43. The largest absolute Gasteiger partial charge is 0.390 e. The topological polar surface area (TPSA) is 65.7 Å². The molecule has 1 unspecified atom stereocenters. The van der Waals surface area contributed by atoms with Crippen molar-refractivity contribution < 1.29 is 19.3 Å². The summed E-state index contributed by atoms with van der Waals surface area (Å²) in [5, 5.41) is 14.3. The Bertz CT molecular complexity index is 557. The van der Waals surface area contributed by atoms with Gasteiger partial charge in [0.05, 0.1) is 29.1 Å². The first kappa shape index (κ1) is 16.9. The molecule has 0 radical (unpaired) electrons. The fourth-order valence-electron chi connectivity index (χ4n) is 3.17. The van der Waals surface area contributed by atoms with Gasteiger partial charge in [-0.15, -0.1) is 0 Å². The lowest BCUT2D eigenvalue weighted by Gasteiger charge is -2.30. The summed E-state index contributed by atoms with van der Waals surface area (Å²) in [5.74, 6) is 0. The van der Waals surface area contributed by atoms with E-state index >= 15 is 0 Å². The Morgan fingerprint density at radius 2 is 1.83 bits per heavy atom. The molecule has 2 saturated heterocycles. The van der Waals surface area contributed by atoms with Crippen molar-refractivity contribution in [3.8, 4) is 0 Å². The van der Waals surface area contributed by atoms with E-state index in [1.807, 2.05) is 39.3 Å². The first-order valence-corrected chi connectivity index (χ1v) is 8.43. The molecule has 6 nitrogen and oxygen atoms in total. The summed E-state index contributed by atoms with van der Waals surface area (Å²) in [5.41, 5.74) is 1.55. The molecule has 0 aromatic carbocycles. The summed E-state index contributed by atoms with van der Waals surface area (Å²) in [6.45, 7) is 10.7. The maximum Gasteiger partial charge on any atom is 0.189 e. The van der Waals surface area contributed by atoms with Crippen LogP contribution in [0.1, 0.15) is 76.4 Å². The van der Waals surface area contributed by atoms with Crippen LogP contribution >= 0.6 is 0 Å². The Morgan fingerprint density at radius 1 is 1.17 bits per heavy atom. The van der Waals surface area contributed by atoms with Gasteiger partial charge in [-0.3, -0.25) is 0 Å². The van der Waals surface area contributed by atoms with Gasteiger partial charge in [0.15, 0.2) is 6.29 Å². The van der Waals surface area contributed by atoms with Crippen molar-refractivity contribution in [2.24, 2.45) is 0 Å². The summed E-state index contributed by atoms with van der Waals surface area (Å²) in [4.78, 5) is 0. The van der Waals surface area contributed by atoms with Crippen LogP contribution in [0.15, 0.2) is 0 Å². The Hall–Kier alpha value is -0.950. The van der Waals surface area contributed by atoms with Gasteiger partial charge in [-0.1, -0.05) is 0 Å². The maximum atomic E-state index is 9.75. The average molecular weight is 324 g/mol. The van der Waals surface area contributed by atoms with Gasteiger partial charge >= 0.3 is 0 Å². The first-order chi connectivity index (χ1) is 10.8. The molecule has 3 rings (SSSR count).